The molecule has 1 aromatic carbocycles. The van der Waals surface area contributed by atoms with Gasteiger partial charge in [0.15, 0.2) is 0 Å². The highest BCUT2D eigenvalue weighted by atomic mass is 16.4. The maximum absolute atomic E-state index is 12.4. The Morgan fingerprint density at radius 2 is 1.96 bits per heavy atom. The molecule has 0 spiro atoms. The number of carbonyl (C=O) groups excluding carboxylic acids is 3. The maximum atomic E-state index is 12.4. The third-order valence-electron chi connectivity index (χ3n) is 3.35. The molecule has 0 saturated carbocycles. The average molecular weight is 332 g/mol. The molecule has 0 aliphatic carbocycles. The molecule has 0 radical (unpaired) electrons. The van der Waals surface area contributed by atoms with Crippen LogP contribution in [0.3, 0.4) is 0 Å². The van der Waals surface area contributed by atoms with Gasteiger partial charge in [-0.3, -0.25) is 9.59 Å². The Morgan fingerprint density at radius 1 is 1.29 bits per heavy atom. The lowest BCUT2D eigenvalue weighted by atomic mass is 9.91. The summed E-state index contributed by atoms with van der Waals surface area (Å²) in [4.78, 5) is 47.3. The summed E-state index contributed by atoms with van der Waals surface area (Å²) in [6.07, 6.45) is 0.624. The molecule has 1 heterocycles. The van der Waals surface area contributed by atoms with Gasteiger partial charge in [0.1, 0.15) is 5.54 Å². The number of hydrogen-bond acceptors (Lipinski definition) is 4. The van der Waals surface area contributed by atoms with E-state index in [0.717, 1.165) is 0 Å². The van der Waals surface area contributed by atoms with Gasteiger partial charge in [-0.05, 0) is 18.6 Å². The van der Waals surface area contributed by atoms with Crippen LogP contribution in [0.4, 0.5) is 15.3 Å². The molecule has 5 amide bonds. The molecule has 9 heteroatoms. The summed E-state index contributed by atoms with van der Waals surface area (Å²) >= 11 is 0. The Labute approximate surface area is 137 Å². The van der Waals surface area contributed by atoms with Gasteiger partial charge in [0.05, 0.1) is 6.42 Å². The highest BCUT2D eigenvalue weighted by molar-refractivity contribution is 6.09. The van der Waals surface area contributed by atoms with Crippen LogP contribution in [0.15, 0.2) is 43.0 Å². The van der Waals surface area contributed by atoms with Crippen molar-refractivity contribution in [2.75, 3.05) is 5.32 Å². The molecule has 1 unspecified atom stereocenters. The number of urea groups is 2. The number of amides is 5. The fourth-order valence-corrected chi connectivity index (χ4v) is 2.34. The number of anilines is 1. The smallest absolute Gasteiger partial charge is 0.344 e. The molecule has 1 aliphatic rings. The van der Waals surface area contributed by atoms with Crippen LogP contribution in [-0.4, -0.2) is 39.6 Å². The number of hydrogen-bond donors (Lipinski definition) is 4. The van der Waals surface area contributed by atoms with E-state index in [4.69, 9.17) is 5.11 Å². The first-order valence-corrected chi connectivity index (χ1v) is 7.00. The van der Waals surface area contributed by atoms with E-state index in [1.165, 1.54) is 6.08 Å². The van der Waals surface area contributed by atoms with Gasteiger partial charge in [0, 0.05) is 5.69 Å². The number of hydrazine groups is 1. The molecular formula is C15H16N4O5. The summed E-state index contributed by atoms with van der Waals surface area (Å²) in [6.45, 7) is 3.46. The largest absolute Gasteiger partial charge is 0.481 e. The second-order valence-electron chi connectivity index (χ2n) is 5.15. The van der Waals surface area contributed by atoms with Gasteiger partial charge in [0.2, 0.25) is 0 Å². The number of carboxylic acid groups (broad SMARTS) is 1. The van der Waals surface area contributed by atoms with Crippen molar-refractivity contribution >= 4 is 29.6 Å². The quantitative estimate of drug-likeness (QED) is 0.457. The number of rotatable bonds is 6. The van der Waals surface area contributed by atoms with Gasteiger partial charge in [-0.25, -0.2) is 15.0 Å². The van der Waals surface area contributed by atoms with E-state index in [-0.39, 0.29) is 6.42 Å². The molecule has 0 bridgehead atoms. The van der Waals surface area contributed by atoms with Gasteiger partial charge in [-0.15, -0.1) is 6.58 Å². The van der Waals surface area contributed by atoms with Gasteiger partial charge >= 0.3 is 18.0 Å². The second kappa shape index (κ2) is 6.82. The molecular weight excluding hydrogens is 316 g/mol. The van der Waals surface area contributed by atoms with E-state index in [0.29, 0.717) is 10.7 Å². The monoisotopic (exact) mass is 332 g/mol. The fourth-order valence-electron chi connectivity index (χ4n) is 2.34. The van der Waals surface area contributed by atoms with E-state index < -0.39 is 35.9 Å². The van der Waals surface area contributed by atoms with Crippen LogP contribution in [-0.2, 0) is 9.59 Å². The van der Waals surface area contributed by atoms with E-state index >= 15 is 0 Å². The van der Waals surface area contributed by atoms with Crippen molar-refractivity contribution in [3.8, 4) is 0 Å². The minimum Gasteiger partial charge on any atom is -0.481 e. The lowest BCUT2D eigenvalue weighted by molar-refractivity contribution is -0.143. The van der Waals surface area contributed by atoms with Crippen LogP contribution >= 0.6 is 0 Å². The lowest BCUT2D eigenvalue weighted by Gasteiger charge is -2.23. The van der Waals surface area contributed by atoms with Crippen molar-refractivity contribution in [2.45, 2.75) is 18.4 Å². The Hall–Kier alpha value is -3.36. The molecule has 1 fully saturated rings. The van der Waals surface area contributed by atoms with Crippen LogP contribution in [0.5, 0.6) is 0 Å². The minimum absolute atomic E-state index is 0.0810. The number of imide groups is 1. The summed E-state index contributed by atoms with van der Waals surface area (Å²) in [5.41, 5.74) is 0.909. The first-order chi connectivity index (χ1) is 11.4. The topological polar surface area (TPSA) is 128 Å². The van der Waals surface area contributed by atoms with Gasteiger partial charge in [0.25, 0.3) is 5.91 Å². The molecule has 2 rings (SSSR count). The normalized spacial score (nSPS) is 19.6. The first-order valence-electron chi connectivity index (χ1n) is 7.00. The average Bonchev–Trinajstić information content (AvgIpc) is 2.72. The van der Waals surface area contributed by atoms with Crippen LogP contribution in [0.2, 0.25) is 0 Å². The first kappa shape index (κ1) is 17.0. The van der Waals surface area contributed by atoms with E-state index in [1.54, 1.807) is 30.3 Å². The Balaban J connectivity index is 2.11. The minimum atomic E-state index is -1.66. The highest BCUT2D eigenvalue weighted by Gasteiger charge is 2.52. The number of carbonyl (C=O) groups is 4. The zero-order chi connectivity index (χ0) is 17.7. The summed E-state index contributed by atoms with van der Waals surface area (Å²) in [7, 11) is 0. The standard InChI is InChI=1S/C15H16N4O5/c1-2-8-15(9-11(20)21)12(22)19(14(24)17-15)18-13(23)16-10-6-4-3-5-7-10/h2-7H,1,8-9H2,(H,17,24)(H,20,21)(H2,16,18,23). The highest BCUT2D eigenvalue weighted by Crippen LogP contribution is 2.25. The molecule has 4 N–H and O–H groups in total. The van der Waals surface area contributed by atoms with E-state index in [2.05, 4.69) is 22.6 Å². The zero-order valence-electron chi connectivity index (χ0n) is 12.6. The van der Waals surface area contributed by atoms with Crippen molar-refractivity contribution in [3.05, 3.63) is 43.0 Å². The number of nitrogens with zero attached hydrogens (tertiary/aromatic N) is 1. The van der Waals surface area contributed by atoms with Crippen LogP contribution in [0.1, 0.15) is 12.8 Å². The Bertz CT molecular complexity index is 690. The van der Waals surface area contributed by atoms with Crippen LogP contribution < -0.4 is 16.1 Å². The van der Waals surface area contributed by atoms with E-state index in [1.807, 2.05) is 0 Å². The number of carboxylic acids is 1. The van der Waals surface area contributed by atoms with Crippen molar-refractivity contribution in [2.24, 2.45) is 0 Å². The summed E-state index contributed by atoms with van der Waals surface area (Å²) in [5.74, 6) is -2.13. The SMILES string of the molecule is C=CCC1(CC(=O)O)NC(=O)N(NC(=O)Nc2ccccc2)C1=O. The number of aliphatic carboxylic acids is 1. The number of nitrogens with one attached hydrogen (secondary N) is 3. The zero-order valence-corrected chi connectivity index (χ0v) is 12.6. The molecule has 126 valence electrons. The number of para-hydroxylation sites is 1. The maximum Gasteiger partial charge on any atom is 0.344 e. The van der Waals surface area contributed by atoms with Gasteiger partial charge in [-0.2, -0.15) is 5.01 Å². The molecule has 1 atom stereocenters. The predicted octanol–water partition coefficient (Wildman–Crippen LogP) is 1.06. The van der Waals surface area contributed by atoms with Gasteiger partial charge < -0.3 is 15.7 Å². The molecule has 1 aromatic rings. The molecule has 0 aromatic heterocycles. The second-order valence-corrected chi connectivity index (χ2v) is 5.15. The van der Waals surface area contributed by atoms with Crippen LogP contribution in [0, 0.1) is 0 Å². The van der Waals surface area contributed by atoms with Gasteiger partial charge in [-0.1, -0.05) is 24.3 Å². The van der Waals surface area contributed by atoms with Crippen molar-refractivity contribution in [3.63, 3.8) is 0 Å². The third kappa shape index (κ3) is 3.51. The fraction of sp³-hybridized carbons (Fsp3) is 0.200. The molecule has 24 heavy (non-hydrogen) atoms. The molecule has 1 saturated heterocycles. The summed E-state index contributed by atoms with van der Waals surface area (Å²) in [6, 6.07) is 6.68. The summed E-state index contributed by atoms with van der Waals surface area (Å²) < 4.78 is 0. The predicted molar refractivity (Wildman–Crippen MR) is 83.8 cm³/mol. The van der Waals surface area contributed by atoms with Crippen LogP contribution in [0.25, 0.3) is 0 Å². The molecule has 1 aliphatic heterocycles. The Kier molecular flexibility index (Phi) is 4.83. The Morgan fingerprint density at radius 3 is 2.54 bits per heavy atom. The third-order valence-corrected chi connectivity index (χ3v) is 3.35. The van der Waals surface area contributed by atoms with Crippen molar-refractivity contribution in [1.29, 1.82) is 0 Å². The van der Waals surface area contributed by atoms with E-state index in [9.17, 15) is 19.2 Å². The van der Waals surface area contributed by atoms with Crippen molar-refractivity contribution in [1.82, 2.24) is 15.8 Å². The lowest BCUT2D eigenvalue weighted by Crippen LogP contribution is -2.51. The molecule has 9 nitrogen and oxygen atoms in total. The van der Waals surface area contributed by atoms with Crippen molar-refractivity contribution < 1.29 is 24.3 Å². The number of benzene rings is 1. The summed E-state index contributed by atoms with van der Waals surface area (Å²) in [5, 5.41) is 14.2.